The fourth-order valence-corrected chi connectivity index (χ4v) is 2.09. The van der Waals surface area contributed by atoms with Crippen molar-refractivity contribution >= 4 is 17.2 Å². The van der Waals surface area contributed by atoms with E-state index in [4.69, 9.17) is 15.7 Å². The number of benzene rings is 1. The van der Waals surface area contributed by atoms with Crippen molar-refractivity contribution in [2.24, 2.45) is 10.9 Å². The van der Waals surface area contributed by atoms with E-state index in [0.717, 1.165) is 12.1 Å². The van der Waals surface area contributed by atoms with Gasteiger partial charge in [-0.1, -0.05) is 5.16 Å². The number of ether oxygens (including phenoxy) is 1. The van der Waals surface area contributed by atoms with E-state index in [-0.39, 0.29) is 17.9 Å². The summed E-state index contributed by atoms with van der Waals surface area (Å²) in [5, 5.41) is 13.5. The number of hydrogen-bond acceptors (Lipinski definition) is 5. The molecule has 1 aromatic carbocycles. The molecule has 3 N–H and O–H groups in total. The van der Waals surface area contributed by atoms with Gasteiger partial charge in [0.25, 0.3) is 0 Å². The van der Waals surface area contributed by atoms with Crippen molar-refractivity contribution in [2.75, 3.05) is 0 Å². The lowest BCUT2D eigenvalue weighted by molar-refractivity contribution is -0.139. The van der Waals surface area contributed by atoms with Crippen molar-refractivity contribution in [3.63, 3.8) is 0 Å². The number of aromatic nitrogens is 1. The summed E-state index contributed by atoms with van der Waals surface area (Å²) in [6, 6.07) is 3.18. The van der Waals surface area contributed by atoms with Crippen molar-refractivity contribution in [3.8, 4) is 5.75 Å². The monoisotopic (exact) mass is 317 g/mol. The van der Waals surface area contributed by atoms with Gasteiger partial charge in [0.15, 0.2) is 5.84 Å². The van der Waals surface area contributed by atoms with Crippen molar-refractivity contribution in [1.29, 1.82) is 0 Å². The Balaban J connectivity index is 2.31. The van der Waals surface area contributed by atoms with Crippen LogP contribution in [0.3, 0.4) is 0 Å². The second kappa shape index (κ2) is 6.00. The molecule has 0 atom stereocenters. The lowest BCUT2D eigenvalue weighted by Crippen LogP contribution is -2.16. The molecule has 112 valence electrons. The normalized spacial score (nSPS) is 12.4. The van der Waals surface area contributed by atoms with Crippen LogP contribution in [0.15, 0.2) is 34.9 Å². The molecule has 0 saturated heterocycles. The Morgan fingerprint density at radius 2 is 2.19 bits per heavy atom. The molecule has 0 aliphatic rings. The van der Waals surface area contributed by atoms with Gasteiger partial charge in [0, 0.05) is 17.1 Å². The van der Waals surface area contributed by atoms with E-state index in [1.807, 2.05) is 0 Å². The fourth-order valence-electron chi connectivity index (χ4n) is 1.56. The number of amidine groups is 1. The van der Waals surface area contributed by atoms with Crippen LogP contribution in [-0.2, 0) is 12.8 Å². The highest BCUT2D eigenvalue weighted by Gasteiger charge is 2.35. The zero-order valence-electron chi connectivity index (χ0n) is 10.5. The standard InChI is InChI=1S/C12H10F3N3O2S/c13-12(14,15)8-5-7(11(16)18-19)1-2-9(8)20-6-10-17-3-4-21-10/h1-5,19H,6H2,(H2,16,18). The van der Waals surface area contributed by atoms with Gasteiger partial charge in [0.05, 0.1) is 5.56 Å². The van der Waals surface area contributed by atoms with E-state index in [1.54, 1.807) is 5.38 Å². The summed E-state index contributed by atoms with van der Waals surface area (Å²) in [7, 11) is 0. The largest absolute Gasteiger partial charge is 0.486 e. The van der Waals surface area contributed by atoms with E-state index in [1.165, 1.54) is 23.6 Å². The van der Waals surface area contributed by atoms with Gasteiger partial charge >= 0.3 is 6.18 Å². The molecule has 1 aromatic heterocycles. The summed E-state index contributed by atoms with van der Waals surface area (Å²) in [6.07, 6.45) is -3.08. The van der Waals surface area contributed by atoms with Gasteiger partial charge in [-0.2, -0.15) is 13.2 Å². The molecule has 2 rings (SSSR count). The number of oxime groups is 1. The second-order valence-corrected chi connectivity index (χ2v) is 4.89. The maximum atomic E-state index is 13.0. The first-order valence-corrected chi connectivity index (χ1v) is 6.50. The summed E-state index contributed by atoms with van der Waals surface area (Å²) >= 11 is 1.28. The number of hydrogen-bond donors (Lipinski definition) is 2. The molecule has 0 bridgehead atoms. The SMILES string of the molecule is N/C(=N/O)c1ccc(OCc2nccs2)c(C(F)(F)F)c1. The Morgan fingerprint density at radius 1 is 1.43 bits per heavy atom. The second-order valence-electron chi connectivity index (χ2n) is 3.91. The Hall–Kier alpha value is -2.29. The third kappa shape index (κ3) is 3.63. The smallest absolute Gasteiger partial charge is 0.419 e. The summed E-state index contributed by atoms with van der Waals surface area (Å²) in [6.45, 7) is -0.0658. The molecule has 0 amide bonds. The molecule has 0 aliphatic carbocycles. The molecule has 0 aliphatic heterocycles. The molecule has 0 fully saturated rings. The quantitative estimate of drug-likeness (QED) is 0.393. The minimum Gasteiger partial charge on any atom is -0.486 e. The molecule has 21 heavy (non-hydrogen) atoms. The molecule has 1 heterocycles. The van der Waals surface area contributed by atoms with Gasteiger partial charge in [-0.25, -0.2) is 4.98 Å². The molecule has 0 spiro atoms. The first-order valence-electron chi connectivity index (χ1n) is 5.62. The highest BCUT2D eigenvalue weighted by Crippen LogP contribution is 2.37. The predicted octanol–water partition coefficient (Wildman–Crippen LogP) is 2.84. The maximum Gasteiger partial charge on any atom is 0.419 e. The zero-order chi connectivity index (χ0) is 15.5. The van der Waals surface area contributed by atoms with Crippen LogP contribution in [0, 0.1) is 0 Å². The van der Waals surface area contributed by atoms with Gasteiger partial charge in [0.2, 0.25) is 0 Å². The average Bonchev–Trinajstić information content (AvgIpc) is 2.96. The van der Waals surface area contributed by atoms with Crippen molar-refractivity contribution in [1.82, 2.24) is 4.98 Å². The topological polar surface area (TPSA) is 80.7 Å². The molecule has 0 radical (unpaired) electrons. The third-order valence-electron chi connectivity index (χ3n) is 2.52. The maximum absolute atomic E-state index is 13.0. The van der Waals surface area contributed by atoms with Crippen molar-refractivity contribution in [2.45, 2.75) is 12.8 Å². The van der Waals surface area contributed by atoms with Crippen LogP contribution in [-0.4, -0.2) is 16.0 Å². The molecule has 0 saturated carbocycles. The minimum atomic E-state index is -4.62. The van der Waals surface area contributed by atoms with Gasteiger partial charge in [-0.3, -0.25) is 0 Å². The summed E-state index contributed by atoms with van der Waals surface area (Å²) in [5.41, 5.74) is 4.24. The highest BCUT2D eigenvalue weighted by atomic mass is 32.1. The molecule has 2 aromatic rings. The Bertz CT molecular complexity index is 642. The predicted molar refractivity (Wildman–Crippen MR) is 70.4 cm³/mol. The van der Waals surface area contributed by atoms with Crippen LogP contribution in [0.2, 0.25) is 0 Å². The van der Waals surface area contributed by atoms with Crippen LogP contribution in [0.25, 0.3) is 0 Å². The zero-order valence-corrected chi connectivity index (χ0v) is 11.3. The van der Waals surface area contributed by atoms with Crippen molar-refractivity contribution in [3.05, 3.63) is 45.9 Å². The van der Waals surface area contributed by atoms with Crippen LogP contribution in [0.1, 0.15) is 16.1 Å². The van der Waals surface area contributed by atoms with E-state index < -0.39 is 17.6 Å². The van der Waals surface area contributed by atoms with E-state index >= 15 is 0 Å². The highest BCUT2D eigenvalue weighted by molar-refractivity contribution is 7.09. The molecular formula is C12H10F3N3O2S. The van der Waals surface area contributed by atoms with Crippen LogP contribution >= 0.6 is 11.3 Å². The van der Waals surface area contributed by atoms with Crippen LogP contribution < -0.4 is 10.5 Å². The Morgan fingerprint density at radius 3 is 2.76 bits per heavy atom. The van der Waals surface area contributed by atoms with Crippen LogP contribution in [0.5, 0.6) is 5.75 Å². The van der Waals surface area contributed by atoms with E-state index in [9.17, 15) is 13.2 Å². The first-order chi connectivity index (χ1) is 9.91. The first kappa shape index (κ1) is 15.1. The van der Waals surface area contributed by atoms with Gasteiger partial charge < -0.3 is 15.7 Å². The average molecular weight is 317 g/mol. The summed E-state index contributed by atoms with van der Waals surface area (Å²) < 4.78 is 44.2. The van der Waals surface area contributed by atoms with E-state index in [0.29, 0.717) is 5.01 Å². The Kier molecular flexibility index (Phi) is 4.32. The third-order valence-corrected chi connectivity index (χ3v) is 3.28. The molecule has 0 unspecified atom stereocenters. The number of nitrogens with two attached hydrogens (primary N) is 1. The van der Waals surface area contributed by atoms with Gasteiger partial charge in [0.1, 0.15) is 17.4 Å². The minimum absolute atomic E-state index is 0.0496. The van der Waals surface area contributed by atoms with E-state index in [2.05, 4.69) is 10.1 Å². The molecule has 9 heteroatoms. The fraction of sp³-hybridized carbons (Fsp3) is 0.167. The summed E-state index contributed by atoms with van der Waals surface area (Å²) in [4.78, 5) is 3.92. The lowest BCUT2D eigenvalue weighted by atomic mass is 10.1. The van der Waals surface area contributed by atoms with Gasteiger partial charge in [-0.15, -0.1) is 11.3 Å². The number of thiazole rings is 1. The number of rotatable bonds is 4. The number of alkyl halides is 3. The molecule has 5 nitrogen and oxygen atoms in total. The van der Waals surface area contributed by atoms with Crippen molar-refractivity contribution < 1.29 is 23.1 Å². The number of nitrogens with zero attached hydrogens (tertiary/aromatic N) is 2. The Labute approximate surface area is 121 Å². The molecular weight excluding hydrogens is 307 g/mol. The number of halogens is 3. The summed E-state index contributed by atoms with van der Waals surface area (Å²) in [5.74, 6) is -0.751. The van der Waals surface area contributed by atoms with Gasteiger partial charge in [-0.05, 0) is 18.2 Å². The lowest BCUT2D eigenvalue weighted by Gasteiger charge is -2.14. The van der Waals surface area contributed by atoms with Crippen LogP contribution in [0.4, 0.5) is 13.2 Å².